The topological polar surface area (TPSA) is 238 Å². The smallest absolute Gasteiger partial charge is 0.386 e. The molecule has 3 fully saturated rings. The van der Waals surface area contributed by atoms with Crippen LogP contribution in [0, 0.1) is 0 Å². The van der Waals surface area contributed by atoms with Gasteiger partial charge in [0.05, 0.1) is 31.1 Å². The molecule has 0 saturated carbocycles. The highest BCUT2D eigenvalue weighted by Gasteiger charge is 2.53. The van der Waals surface area contributed by atoms with E-state index in [1.54, 1.807) is 0 Å². The normalized spacial score (nSPS) is 36.8. The van der Waals surface area contributed by atoms with E-state index in [2.05, 4.69) is 54.4 Å². The summed E-state index contributed by atoms with van der Waals surface area (Å²) >= 11 is 9.29. The number of hydrogen-bond donors (Lipinski definition) is 5. The summed E-state index contributed by atoms with van der Waals surface area (Å²) in [5, 5.41) is 9.69. The largest absolute Gasteiger partial charge is 0.387 e. The maximum atomic E-state index is 16.0. The second-order valence-corrected chi connectivity index (χ2v) is 17.8. The van der Waals surface area contributed by atoms with Crippen LogP contribution in [-0.4, -0.2) is 97.6 Å². The van der Waals surface area contributed by atoms with Crippen molar-refractivity contribution in [1.82, 2.24) is 43.4 Å². The van der Waals surface area contributed by atoms with Crippen molar-refractivity contribution in [2.75, 3.05) is 18.9 Å². The molecule has 0 amide bonds. The fraction of sp³-hybridized carbons (Fsp3) is 0.455. The van der Waals surface area contributed by atoms with Gasteiger partial charge in [-0.3, -0.25) is 36.4 Å². The van der Waals surface area contributed by atoms with Gasteiger partial charge < -0.3 is 20.6 Å². The lowest BCUT2D eigenvalue weighted by Crippen LogP contribution is -2.35. The molecule has 4 N–H and O–H groups in total. The Morgan fingerprint density at radius 3 is 2.55 bits per heavy atom. The average Bonchev–Trinajstić information content (AvgIpc) is 3.85. The van der Waals surface area contributed by atoms with Gasteiger partial charge in [-0.15, -0.1) is 11.8 Å². The van der Waals surface area contributed by atoms with Crippen LogP contribution in [0.2, 0.25) is 0 Å². The Kier molecular flexibility index (Phi) is 7.76. The highest BCUT2D eigenvalue weighted by atomic mass is 32.7. The Labute approximate surface area is 276 Å². The van der Waals surface area contributed by atoms with Crippen molar-refractivity contribution in [2.45, 2.75) is 47.4 Å². The molecule has 2 unspecified atom stereocenters. The lowest BCUT2D eigenvalue weighted by Gasteiger charge is -2.27. The summed E-state index contributed by atoms with van der Waals surface area (Å²) < 4.78 is 75.5. The number of nitrogens with two attached hydrogens (primary N) is 1. The van der Waals surface area contributed by atoms with Gasteiger partial charge in [-0.05, 0) is 0 Å². The predicted molar refractivity (Wildman–Crippen MR) is 169 cm³/mol. The van der Waals surface area contributed by atoms with Crippen molar-refractivity contribution in [3.63, 3.8) is 0 Å². The zero-order valence-corrected chi connectivity index (χ0v) is 27.8. The monoisotopic (exact) mass is 748 g/mol. The highest BCUT2D eigenvalue weighted by Crippen LogP contribution is 2.61. The number of rotatable bonds is 2. The highest BCUT2D eigenvalue weighted by molar-refractivity contribution is 8.44. The lowest BCUT2D eigenvalue weighted by atomic mass is 10.1. The van der Waals surface area contributed by atoms with Gasteiger partial charge in [-0.2, -0.15) is 4.98 Å². The van der Waals surface area contributed by atoms with E-state index in [0.717, 1.165) is 11.8 Å². The van der Waals surface area contributed by atoms with E-state index in [0.29, 0.717) is 11.2 Å². The SMILES string of the molecule is Nc1ncnc2c1ncn2[C@@H]1S[C@@H]2COP(=O)(S)O[C@@H]3[C@H](F)[C@@H](COP(=O)(S)O[C@H]2[C@H]1O)O[C@H]3n1cnc2c(=O)n3cc[nH]c3nc21. The molecule has 0 aliphatic carbocycles. The quantitative estimate of drug-likeness (QED) is 0.128. The molecule has 5 aromatic heterocycles. The van der Waals surface area contributed by atoms with Gasteiger partial charge in [0.25, 0.3) is 5.56 Å². The molecule has 10 atom stereocenters. The van der Waals surface area contributed by atoms with E-state index in [4.69, 9.17) is 28.6 Å². The third-order valence-corrected chi connectivity index (χ3v) is 12.7. The first-order chi connectivity index (χ1) is 22.4. The fourth-order valence-corrected chi connectivity index (χ4v) is 10.4. The van der Waals surface area contributed by atoms with Crippen molar-refractivity contribution >= 4 is 83.8 Å². The zero-order valence-electron chi connectivity index (χ0n) is 23.4. The number of nitrogens with one attached hydrogen (secondary N) is 1. The first-order valence-corrected chi connectivity index (χ1v) is 20.0. The molecule has 47 heavy (non-hydrogen) atoms. The van der Waals surface area contributed by atoms with Crippen LogP contribution in [-0.2, 0) is 32.0 Å². The maximum Gasteiger partial charge on any atom is 0.386 e. The van der Waals surface area contributed by atoms with Crippen LogP contribution in [0.15, 0.2) is 36.2 Å². The summed E-state index contributed by atoms with van der Waals surface area (Å²) in [5.41, 5.74) is 5.99. The number of alkyl halides is 1. The molecule has 19 nitrogen and oxygen atoms in total. The summed E-state index contributed by atoms with van der Waals surface area (Å²) in [6.45, 7) is -9.80. The van der Waals surface area contributed by atoms with Gasteiger partial charge in [0.1, 0.15) is 41.6 Å². The number of aliphatic hydroxyl groups is 1. The lowest BCUT2D eigenvalue weighted by molar-refractivity contribution is -0.0481. The number of fused-ring (bicyclic) bond motifs is 6. The third kappa shape index (κ3) is 5.41. The van der Waals surface area contributed by atoms with E-state index < -0.39 is 79.8 Å². The Morgan fingerprint density at radius 1 is 1.02 bits per heavy atom. The predicted octanol–water partition coefficient (Wildman–Crippen LogP) is 1.90. The number of aromatic amines is 1. The van der Waals surface area contributed by atoms with Crippen LogP contribution in [0.5, 0.6) is 0 Å². The molecule has 8 heterocycles. The van der Waals surface area contributed by atoms with Crippen molar-refractivity contribution in [2.24, 2.45) is 0 Å². The molecule has 0 aromatic carbocycles. The Balaban J connectivity index is 1.12. The van der Waals surface area contributed by atoms with Gasteiger partial charge in [0.2, 0.25) is 5.78 Å². The van der Waals surface area contributed by atoms with Crippen LogP contribution in [0.4, 0.5) is 10.2 Å². The number of aromatic nitrogens is 9. The molecule has 0 spiro atoms. The molecule has 3 aliphatic heterocycles. The number of hydrogen-bond acceptors (Lipinski definition) is 16. The molecule has 3 saturated heterocycles. The van der Waals surface area contributed by atoms with Gasteiger partial charge in [0, 0.05) is 12.4 Å². The third-order valence-electron chi connectivity index (χ3n) is 7.89. The van der Waals surface area contributed by atoms with E-state index in [9.17, 15) is 19.0 Å². The molecule has 5 aromatic rings. The molecule has 0 radical (unpaired) electrons. The summed E-state index contributed by atoms with van der Waals surface area (Å²) in [7, 11) is 0. The van der Waals surface area contributed by atoms with E-state index in [1.807, 2.05) is 0 Å². The molecule has 3 aliphatic rings. The minimum atomic E-state index is -4.39. The zero-order chi connectivity index (χ0) is 32.8. The Bertz CT molecular complexity index is 2180. The molecular formula is C22H23FN10O9P2S3. The van der Waals surface area contributed by atoms with Crippen LogP contribution in [0.25, 0.3) is 28.1 Å². The summed E-state index contributed by atoms with van der Waals surface area (Å²) in [6.07, 6.45) is -2.38. The molecule has 2 bridgehead atoms. The number of anilines is 1. The molecular weight excluding hydrogens is 725 g/mol. The Morgan fingerprint density at radius 2 is 1.74 bits per heavy atom. The van der Waals surface area contributed by atoms with Crippen molar-refractivity contribution in [1.29, 1.82) is 0 Å². The summed E-state index contributed by atoms with van der Waals surface area (Å²) in [6, 6.07) is 0. The van der Waals surface area contributed by atoms with E-state index in [1.165, 1.54) is 44.9 Å². The maximum absolute atomic E-state index is 16.0. The number of thioether (sulfide) groups is 1. The van der Waals surface area contributed by atoms with Crippen molar-refractivity contribution in [3.8, 4) is 0 Å². The number of nitrogen functional groups attached to an aromatic ring is 1. The second-order valence-electron chi connectivity index (χ2n) is 10.7. The van der Waals surface area contributed by atoms with Gasteiger partial charge in [0.15, 0.2) is 35.0 Å². The van der Waals surface area contributed by atoms with E-state index >= 15 is 4.39 Å². The van der Waals surface area contributed by atoms with Crippen molar-refractivity contribution < 1.29 is 41.5 Å². The number of H-pyrrole nitrogens is 1. The summed E-state index contributed by atoms with van der Waals surface area (Å²) in [5.74, 6) is 0.305. The van der Waals surface area contributed by atoms with Crippen molar-refractivity contribution in [3.05, 3.63) is 41.7 Å². The Hall–Kier alpha value is -2.56. The number of halogens is 1. The van der Waals surface area contributed by atoms with Gasteiger partial charge in [-0.25, -0.2) is 33.5 Å². The average molecular weight is 749 g/mol. The van der Waals surface area contributed by atoms with Crippen LogP contribution >= 0.6 is 49.9 Å². The minimum absolute atomic E-state index is 0.0216. The van der Waals surface area contributed by atoms with Crippen LogP contribution < -0.4 is 11.3 Å². The van der Waals surface area contributed by atoms with E-state index in [-0.39, 0.29) is 22.8 Å². The fourth-order valence-electron chi connectivity index (χ4n) is 5.73. The van der Waals surface area contributed by atoms with Crippen LogP contribution in [0.1, 0.15) is 11.6 Å². The first-order valence-electron chi connectivity index (χ1n) is 13.7. The van der Waals surface area contributed by atoms with Crippen LogP contribution in [0.3, 0.4) is 0 Å². The molecule has 25 heteroatoms. The van der Waals surface area contributed by atoms with Gasteiger partial charge >= 0.3 is 13.6 Å². The second kappa shape index (κ2) is 11.5. The number of aliphatic hydroxyl groups excluding tert-OH is 1. The number of imidazole rings is 3. The first kappa shape index (κ1) is 31.7. The number of nitrogens with zero attached hydrogens (tertiary/aromatic N) is 8. The standard InChI is InChI=1S/C22H23FN10O9P2S3/c23-10-8-3-38-43(36,45)41-14-9(47-21(13(14)34)33-7-28-11-16(24)26-5-27-17(11)33)4-39-44(37,46)42-15(10)20(40-8)32-6-29-12-18(32)30-22-25-1-2-31(22)19(12)35/h1-2,5-10,13-15,20-21,34H,3-4H2,(H,25,30)(H,36,45)(H,37,46)(H2,24,26,27)/t8-,9-,10-,13-,14-,15-,20-,21-,43?,44?/m1/s1. The molecule has 8 rings (SSSR count). The molecule has 250 valence electrons. The minimum Gasteiger partial charge on any atom is -0.387 e. The number of thiol groups is 2. The summed E-state index contributed by atoms with van der Waals surface area (Å²) in [4.78, 5) is 36.6. The number of ether oxygens (including phenoxy) is 1. The van der Waals surface area contributed by atoms with Gasteiger partial charge in [-0.1, -0.05) is 24.5 Å².